The molecular formula is C22H32N2O4. The van der Waals surface area contributed by atoms with Crippen LogP contribution < -0.4 is 5.32 Å². The lowest BCUT2D eigenvalue weighted by molar-refractivity contribution is -0.151. The molecule has 1 aliphatic rings. The van der Waals surface area contributed by atoms with E-state index in [1.807, 2.05) is 24.3 Å². The number of hydrogen-bond acceptors (Lipinski definition) is 4. The standard InChI is InChI=1S/C22H32N2O4/c1-5-28-21(27)17-7-6-14-24(15-17)19(25)12-13-23-20(26)16-8-10-18(11-9-16)22(2,3)4/h8-11,17H,5-7,12-15H2,1-4H3,(H,23,26). The van der Waals surface area contributed by atoms with Gasteiger partial charge >= 0.3 is 5.97 Å². The van der Waals surface area contributed by atoms with Crippen molar-refractivity contribution in [1.82, 2.24) is 10.2 Å². The molecule has 6 heteroatoms. The van der Waals surface area contributed by atoms with E-state index in [0.717, 1.165) is 12.8 Å². The number of ether oxygens (including phenoxy) is 1. The Hall–Kier alpha value is -2.37. The number of esters is 1. The van der Waals surface area contributed by atoms with Crippen molar-refractivity contribution < 1.29 is 19.1 Å². The Kier molecular flexibility index (Phi) is 7.61. The molecule has 0 bridgehead atoms. The Morgan fingerprint density at radius 3 is 2.46 bits per heavy atom. The van der Waals surface area contributed by atoms with Crippen molar-refractivity contribution in [2.24, 2.45) is 5.92 Å². The molecule has 1 saturated heterocycles. The van der Waals surface area contributed by atoms with Gasteiger partial charge in [-0.2, -0.15) is 0 Å². The van der Waals surface area contributed by atoms with Crippen LogP contribution in [0.3, 0.4) is 0 Å². The molecule has 1 aromatic carbocycles. The molecule has 28 heavy (non-hydrogen) atoms. The fourth-order valence-electron chi connectivity index (χ4n) is 3.32. The fraction of sp³-hybridized carbons (Fsp3) is 0.591. The average molecular weight is 389 g/mol. The number of nitrogens with one attached hydrogen (secondary N) is 1. The van der Waals surface area contributed by atoms with Crippen LogP contribution in [-0.2, 0) is 19.7 Å². The van der Waals surface area contributed by atoms with Gasteiger partial charge in [0.05, 0.1) is 12.5 Å². The van der Waals surface area contributed by atoms with Crippen LogP contribution in [0, 0.1) is 5.92 Å². The fourth-order valence-corrected chi connectivity index (χ4v) is 3.32. The van der Waals surface area contributed by atoms with Crippen LogP contribution in [0.2, 0.25) is 0 Å². The number of benzene rings is 1. The Labute approximate surface area is 167 Å². The number of likely N-dealkylation sites (tertiary alicyclic amines) is 1. The van der Waals surface area contributed by atoms with Crippen LogP contribution in [0.4, 0.5) is 0 Å². The second kappa shape index (κ2) is 9.71. The van der Waals surface area contributed by atoms with Crippen molar-refractivity contribution in [2.45, 2.75) is 52.4 Å². The van der Waals surface area contributed by atoms with E-state index in [2.05, 4.69) is 26.1 Å². The molecule has 1 aliphatic heterocycles. The first-order chi connectivity index (χ1) is 13.2. The lowest BCUT2D eigenvalue weighted by Crippen LogP contribution is -2.43. The number of piperidine rings is 1. The lowest BCUT2D eigenvalue weighted by atomic mass is 9.87. The number of hydrogen-bond donors (Lipinski definition) is 1. The third-order valence-corrected chi connectivity index (χ3v) is 5.03. The second-order valence-corrected chi connectivity index (χ2v) is 8.26. The molecule has 0 spiro atoms. The number of carbonyl (C=O) groups is 3. The van der Waals surface area contributed by atoms with Gasteiger partial charge in [0.1, 0.15) is 0 Å². The summed E-state index contributed by atoms with van der Waals surface area (Å²) in [5, 5.41) is 2.80. The highest BCUT2D eigenvalue weighted by Gasteiger charge is 2.29. The summed E-state index contributed by atoms with van der Waals surface area (Å²) in [6.07, 6.45) is 1.77. The largest absolute Gasteiger partial charge is 0.466 e. The summed E-state index contributed by atoms with van der Waals surface area (Å²) >= 11 is 0. The molecule has 2 rings (SSSR count). The average Bonchev–Trinajstić information content (AvgIpc) is 2.67. The zero-order chi connectivity index (χ0) is 20.7. The smallest absolute Gasteiger partial charge is 0.310 e. The van der Waals surface area contributed by atoms with Crippen LogP contribution in [0.15, 0.2) is 24.3 Å². The van der Waals surface area contributed by atoms with Crippen LogP contribution in [0.25, 0.3) is 0 Å². The molecule has 6 nitrogen and oxygen atoms in total. The van der Waals surface area contributed by atoms with E-state index in [1.54, 1.807) is 11.8 Å². The van der Waals surface area contributed by atoms with Gasteiger partial charge in [0.15, 0.2) is 0 Å². The van der Waals surface area contributed by atoms with Gasteiger partial charge in [-0.15, -0.1) is 0 Å². The zero-order valence-corrected chi connectivity index (χ0v) is 17.4. The summed E-state index contributed by atoms with van der Waals surface area (Å²) in [4.78, 5) is 38.3. The molecule has 0 aliphatic carbocycles. The quantitative estimate of drug-likeness (QED) is 0.761. The van der Waals surface area contributed by atoms with Crippen molar-refractivity contribution in [2.75, 3.05) is 26.2 Å². The predicted molar refractivity (Wildman–Crippen MR) is 108 cm³/mol. The third-order valence-electron chi connectivity index (χ3n) is 5.03. The molecule has 1 heterocycles. The molecule has 0 radical (unpaired) electrons. The molecule has 1 atom stereocenters. The van der Waals surface area contributed by atoms with E-state index in [0.29, 0.717) is 25.3 Å². The van der Waals surface area contributed by atoms with Gasteiger partial charge in [0, 0.05) is 31.6 Å². The molecular weight excluding hydrogens is 356 g/mol. The van der Waals surface area contributed by atoms with E-state index < -0.39 is 0 Å². The van der Waals surface area contributed by atoms with E-state index in [4.69, 9.17) is 4.74 Å². The lowest BCUT2D eigenvalue weighted by Gasteiger charge is -2.31. The molecule has 0 saturated carbocycles. The van der Waals surface area contributed by atoms with Gasteiger partial charge in [-0.1, -0.05) is 32.9 Å². The van der Waals surface area contributed by atoms with E-state index in [-0.39, 0.29) is 42.1 Å². The first kappa shape index (κ1) is 21.9. The summed E-state index contributed by atoms with van der Waals surface area (Å²) in [6.45, 7) is 9.84. The summed E-state index contributed by atoms with van der Waals surface area (Å²) in [6, 6.07) is 7.55. The molecule has 1 aromatic rings. The highest BCUT2D eigenvalue weighted by molar-refractivity contribution is 5.94. The van der Waals surface area contributed by atoms with Crippen LogP contribution in [0.1, 0.15) is 62.9 Å². The molecule has 1 unspecified atom stereocenters. The van der Waals surface area contributed by atoms with Gasteiger partial charge in [0.25, 0.3) is 5.91 Å². The number of nitrogens with zero attached hydrogens (tertiary/aromatic N) is 1. The monoisotopic (exact) mass is 388 g/mol. The molecule has 1 fully saturated rings. The summed E-state index contributed by atoms with van der Waals surface area (Å²) < 4.78 is 5.07. The van der Waals surface area contributed by atoms with Crippen molar-refractivity contribution in [3.05, 3.63) is 35.4 Å². The minimum atomic E-state index is -0.242. The van der Waals surface area contributed by atoms with Crippen molar-refractivity contribution in [3.63, 3.8) is 0 Å². The highest BCUT2D eigenvalue weighted by Crippen LogP contribution is 2.22. The second-order valence-electron chi connectivity index (χ2n) is 8.26. The van der Waals surface area contributed by atoms with Crippen molar-refractivity contribution in [3.8, 4) is 0 Å². The van der Waals surface area contributed by atoms with Crippen molar-refractivity contribution in [1.29, 1.82) is 0 Å². The maximum atomic E-state index is 12.4. The molecule has 0 aromatic heterocycles. The Bertz CT molecular complexity index is 691. The van der Waals surface area contributed by atoms with Gasteiger partial charge in [-0.05, 0) is 42.9 Å². The van der Waals surface area contributed by atoms with E-state index in [1.165, 1.54) is 5.56 Å². The maximum absolute atomic E-state index is 12.4. The van der Waals surface area contributed by atoms with Gasteiger partial charge in [-0.3, -0.25) is 14.4 Å². The van der Waals surface area contributed by atoms with E-state index in [9.17, 15) is 14.4 Å². The number of carbonyl (C=O) groups excluding carboxylic acids is 3. The van der Waals surface area contributed by atoms with Crippen LogP contribution >= 0.6 is 0 Å². The van der Waals surface area contributed by atoms with Crippen LogP contribution in [-0.4, -0.2) is 48.9 Å². The third kappa shape index (κ3) is 6.08. The minimum Gasteiger partial charge on any atom is -0.466 e. The minimum absolute atomic E-state index is 0.0390. The topological polar surface area (TPSA) is 75.7 Å². The predicted octanol–water partition coefficient (Wildman–Crippen LogP) is 2.91. The first-order valence-corrected chi connectivity index (χ1v) is 10.1. The number of amides is 2. The van der Waals surface area contributed by atoms with Crippen molar-refractivity contribution >= 4 is 17.8 Å². The Morgan fingerprint density at radius 1 is 1.18 bits per heavy atom. The molecule has 154 valence electrons. The van der Waals surface area contributed by atoms with Crippen LogP contribution in [0.5, 0.6) is 0 Å². The summed E-state index contributed by atoms with van der Waals surface area (Å²) in [5.74, 6) is -0.700. The SMILES string of the molecule is CCOC(=O)C1CCCN(C(=O)CCNC(=O)c2ccc(C(C)(C)C)cc2)C1. The molecule has 2 amide bonds. The van der Waals surface area contributed by atoms with Gasteiger partial charge in [-0.25, -0.2) is 0 Å². The highest BCUT2D eigenvalue weighted by atomic mass is 16.5. The summed E-state index contributed by atoms with van der Waals surface area (Å²) in [5.41, 5.74) is 1.79. The zero-order valence-electron chi connectivity index (χ0n) is 17.4. The Morgan fingerprint density at radius 2 is 1.86 bits per heavy atom. The molecule has 1 N–H and O–H groups in total. The van der Waals surface area contributed by atoms with E-state index >= 15 is 0 Å². The first-order valence-electron chi connectivity index (χ1n) is 10.1. The van der Waals surface area contributed by atoms with Gasteiger partial charge < -0.3 is 15.0 Å². The van der Waals surface area contributed by atoms with Gasteiger partial charge in [0.2, 0.25) is 5.91 Å². The summed E-state index contributed by atoms with van der Waals surface area (Å²) in [7, 11) is 0. The normalized spacial score (nSPS) is 17.1. The maximum Gasteiger partial charge on any atom is 0.310 e. The number of rotatable bonds is 6. The Balaban J connectivity index is 1.79.